The van der Waals surface area contributed by atoms with Crippen molar-refractivity contribution in [3.05, 3.63) is 35.3 Å². The van der Waals surface area contributed by atoms with Crippen molar-refractivity contribution in [3.8, 4) is 5.75 Å². The molecule has 1 N–H and O–H groups in total. The molecule has 0 aliphatic carbocycles. The van der Waals surface area contributed by atoms with E-state index in [0.717, 1.165) is 11.3 Å². The molecule has 1 aromatic heterocycles. The maximum absolute atomic E-state index is 11.8. The van der Waals surface area contributed by atoms with Gasteiger partial charge in [-0.15, -0.1) is 10.2 Å². The highest BCUT2D eigenvalue weighted by Crippen LogP contribution is 2.14. The van der Waals surface area contributed by atoms with E-state index in [1.54, 1.807) is 19.5 Å². The lowest BCUT2D eigenvalue weighted by Gasteiger charge is -2.12. The first-order valence-electron chi connectivity index (χ1n) is 6.00. The molecule has 0 aliphatic rings. The van der Waals surface area contributed by atoms with Gasteiger partial charge in [0.05, 0.1) is 13.7 Å². The van der Waals surface area contributed by atoms with Gasteiger partial charge in [-0.2, -0.15) is 0 Å². The van der Waals surface area contributed by atoms with E-state index in [1.807, 2.05) is 24.3 Å². The predicted molar refractivity (Wildman–Crippen MR) is 75.8 cm³/mol. The van der Waals surface area contributed by atoms with Gasteiger partial charge < -0.3 is 9.47 Å². The average Bonchev–Trinajstić information content (AvgIpc) is 2.97. The Morgan fingerprint density at radius 3 is 3.05 bits per heavy atom. The molecule has 0 bridgehead atoms. The number of nitrogens with zero attached hydrogens (tertiary/aromatic N) is 2. The van der Waals surface area contributed by atoms with Crippen molar-refractivity contribution in [2.75, 3.05) is 12.4 Å². The Morgan fingerprint density at radius 1 is 1.50 bits per heavy atom. The fraction of sp³-hybridized carbons (Fsp3) is 0.308. The highest BCUT2D eigenvalue weighted by Gasteiger charge is 2.15. The second kappa shape index (κ2) is 6.97. The van der Waals surface area contributed by atoms with E-state index >= 15 is 0 Å². The van der Waals surface area contributed by atoms with E-state index in [9.17, 15) is 4.79 Å². The molecule has 0 fully saturated rings. The van der Waals surface area contributed by atoms with E-state index in [2.05, 4.69) is 15.5 Å². The van der Waals surface area contributed by atoms with E-state index < -0.39 is 6.10 Å². The number of aromatic nitrogens is 2. The van der Waals surface area contributed by atoms with Gasteiger partial charge in [-0.25, -0.2) is 0 Å². The molecule has 0 radical (unpaired) electrons. The molecule has 106 valence electrons. The predicted octanol–water partition coefficient (Wildman–Crippen LogP) is 2.09. The van der Waals surface area contributed by atoms with E-state index in [4.69, 9.17) is 9.47 Å². The van der Waals surface area contributed by atoms with Gasteiger partial charge in [0.25, 0.3) is 5.91 Å². The van der Waals surface area contributed by atoms with Gasteiger partial charge in [0, 0.05) is 0 Å². The van der Waals surface area contributed by atoms with E-state index in [0.29, 0.717) is 11.7 Å². The number of ether oxygens (including phenoxy) is 2. The molecule has 0 unspecified atom stereocenters. The Labute approximate surface area is 120 Å². The minimum atomic E-state index is -0.579. The first kappa shape index (κ1) is 14.4. The average molecular weight is 293 g/mol. The van der Waals surface area contributed by atoms with Crippen LogP contribution in [0.2, 0.25) is 0 Å². The fourth-order valence-corrected chi connectivity index (χ4v) is 1.94. The maximum atomic E-state index is 11.8. The third-order valence-corrected chi connectivity index (χ3v) is 3.20. The summed E-state index contributed by atoms with van der Waals surface area (Å²) in [6, 6.07) is 7.52. The SMILES string of the molecule is COc1cccc(CO[C@H](C)C(=O)Nc2nncs2)c1. The number of anilines is 1. The molecule has 0 spiro atoms. The minimum absolute atomic E-state index is 0.246. The number of nitrogens with one attached hydrogen (secondary N) is 1. The summed E-state index contributed by atoms with van der Waals surface area (Å²) >= 11 is 1.26. The van der Waals surface area contributed by atoms with Gasteiger partial charge >= 0.3 is 0 Å². The number of hydrogen-bond donors (Lipinski definition) is 1. The molecular formula is C13H15N3O3S. The molecule has 1 aromatic carbocycles. The van der Waals surface area contributed by atoms with Crippen LogP contribution in [0.15, 0.2) is 29.8 Å². The Morgan fingerprint density at radius 2 is 2.35 bits per heavy atom. The summed E-state index contributed by atoms with van der Waals surface area (Å²) in [4.78, 5) is 11.8. The third-order valence-electron chi connectivity index (χ3n) is 2.59. The Balaban J connectivity index is 1.84. The Bertz CT molecular complexity index is 560. The van der Waals surface area contributed by atoms with Crippen LogP contribution in [0.1, 0.15) is 12.5 Å². The van der Waals surface area contributed by atoms with Crippen LogP contribution < -0.4 is 10.1 Å². The van der Waals surface area contributed by atoms with Crippen molar-refractivity contribution in [1.82, 2.24) is 10.2 Å². The number of carbonyl (C=O) groups is 1. The van der Waals surface area contributed by atoms with Gasteiger partial charge in [0.2, 0.25) is 5.13 Å². The number of rotatable bonds is 6. The fourth-order valence-electron chi connectivity index (χ4n) is 1.49. The molecule has 1 atom stereocenters. The molecule has 0 saturated heterocycles. The summed E-state index contributed by atoms with van der Waals surface area (Å²) < 4.78 is 10.7. The summed E-state index contributed by atoms with van der Waals surface area (Å²) in [6.45, 7) is 2.03. The summed E-state index contributed by atoms with van der Waals surface area (Å²) in [7, 11) is 1.61. The van der Waals surface area contributed by atoms with Crippen LogP contribution in [0.4, 0.5) is 5.13 Å². The van der Waals surface area contributed by atoms with Crippen molar-refractivity contribution in [1.29, 1.82) is 0 Å². The molecule has 2 rings (SSSR count). The normalized spacial score (nSPS) is 11.9. The monoisotopic (exact) mass is 293 g/mol. The smallest absolute Gasteiger partial charge is 0.255 e. The topological polar surface area (TPSA) is 73.3 Å². The first-order chi connectivity index (χ1) is 9.69. The van der Waals surface area contributed by atoms with Crippen LogP contribution >= 0.6 is 11.3 Å². The number of amides is 1. The van der Waals surface area contributed by atoms with Crippen molar-refractivity contribution < 1.29 is 14.3 Å². The first-order valence-corrected chi connectivity index (χ1v) is 6.88. The summed E-state index contributed by atoms with van der Waals surface area (Å²) in [5.74, 6) is 0.515. The van der Waals surface area contributed by atoms with Crippen LogP contribution in [0.25, 0.3) is 0 Å². The van der Waals surface area contributed by atoms with Gasteiger partial charge in [-0.05, 0) is 24.6 Å². The molecule has 20 heavy (non-hydrogen) atoms. The molecule has 1 heterocycles. The van der Waals surface area contributed by atoms with E-state index in [1.165, 1.54) is 11.3 Å². The molecule has 1 amide bonds. The zero-order chi connectivity index (χ0) is 14.4. The van der Waals surface area contributed by atoms with E-state index in [-0.39, 0.29) is 5.91 Å². The lowest BCUT2D eigenvalue weighted by molar-refractivity contribution is -0.127. The third kappa shape index (κ3) is 4.01. The molecule has 0 aliphatic heterocycles. The highest BCUT2D eigenvalue weighted by atomic mass is 32.1. The lowest BCUT2D eigenvalue weighted by Crippen LogP contribution is -2.27. The van der Waals surface area contributed by atoms with Crippen LogP contribution in [0, 0.1) is 0 Å². The van der Waals surface area contributed by atoms with Gasteiger partial charge in [-0.1, -0.05) is 23.5 Å². The minimum Gasteiger partial charge on any atom is -0.497 e. The number of benzene rings is 1. The largest absolute Gasteiger partial charge is 0.497 e. The second-order valence-corrected chi connectivity index (χ2v) is 4.87. The molecular weight excluding hydrogens is 278 g/mol. The maximum Gasteiger partial charge on any atom is 0.255 e. The zero-order valence-corrected chi connectivity index (χ0v) is 12.0. The van der Waals surface area contributed by atoms with Crippen molar-refractivity contribution in [2.24, 2.45) is 0 Å². The van der Waals surface area contributed by atoms with Crippen LogP contribution in [0.5, 0.6) is 5.75 Å². The standard InChI is InChI=1S/C13H15N3O3S/c1-9(12(17)15-13-16-14-8-20-13)19-7-10-4-3-5-11(6-10)18-2/h3-6,8-9H,7H2,1-2H3,(H,15,16,17)/t9-/m1/s1. The number of hydrogen-bond acceptors (Lipinski definition) is 6. The second-order valence-electron chi connectivity index (χ2n) is 4.04. The summed E-state index contributed by atoms with van der Waals surface area (Å²) in [5.41, 5.74) is 2.50. The quantitative estimate of drug-likeness (QED) is 0.883. The Hall–Kier alpha value is -1.99. The molecule has 7 heteroatoms. The highest BCUT2D eigenvalue weighted by molar-refractivity contribution is 7.13. The summed E-state index contributed by atoms with van der Waals surface area (Å²) in [6.07, 6.45) is -0.579. The Kier molecular flexibility index (Phi) is 5.03. The molecule has 2 aromatic rings. The zero-order valence-electron chi connectivity index (χ0n) is 11.2. The number of carbonyl (C=O) groups excluding carboxylic acids is 1. The van der Waals surface area contributed by atoms with Crippen molar-refractivity contribution in [3.63, 3.8) is 0 Å². The van der Waals surface area contributed by atoms with Crippen molar-refractivity contribution >= 4 is 22.4 Å². The number of methoxy groups -OCH3 is 1. The summed E-state index contributed by atoms with van der Waals surface area (Å²) in [5, 5.41) is 10.5. The van der Waals surface area contributed by atoms with Crippen LogP contribution in [-0.2, 0) is 16.1 Å². The lowest BCUT2D eigenvalue weighted by atomic mass is 10.2. The van der Waals surface area contributed by atoms with Gasteiger partial charge in [0.15, 0.2) is 0 Å². The van der Waals surface area contributed by atoms with Crippen LogP contribution in [0.3, 0.4) is 0 Å². The van der Waals surface area contributed by atoms with Crippen LogP contribution in [-0.4, -0.2) is 29.3 Å². The molecule has 0 saturated carbocycles. The molecule has 6 nitrogen and oxygen atoms in total. The van der Waals surface area contributed by atoms with Gasteiger partial charge in [-0.3, -0.25) is 10.1 Å². The van der Waals surface area contributed by atoms with Crippen molar-refractivity contribution in [2.45, 2.75) is 19.6 Å². The van der Waals surface area contributed by atoms with Gasteiger partial charge in [0.1, 0.15) is 17.4 Å².